The minimum Gasteiger partial charge on any atom is -0.461 e. The smallest absolute Gasteiger partial charge is 0.416 e. The normalized spacial score (nSPS) is 11.8. The summed E-state index contributed by atoms with van der Waals surface area (Å²) in [6, 6.07) is 9.40. The number of aryl methyl sites for hydroxylation is 1. The van der Waals surface area contributed by atoms with Gasteiger partial charge in [-0.15, -0.1) is 0 Å². The Bertz CT molecular complexity index is 1310. The van der Waals surface area contributed by atoms with E-state index < -0.39 is 60.6 Å². The van der Waals surface area contributed by atoms with Gasteiger partial charge in [0.15, 0.2) is 5.69 Å². The van der Waals surface area contributed by atoms with Gasteiger partial charge in [-0.05, 0) is 48.7 Å². The van der Waals surface area contributed by atoms with Crippen LogP contribution in [0.5, 0.6) is 0 Å². The summed E-state index contributed by atoms with van der Waals surface area (Å²) in [5.41, 5.74) is -2.93. The average Bonchev–Trinajstić information content (AvgIpc) is 2.87. The highest BCUT2D eigenvalue weighted by Gasteiger charge is 2.37. The van der Waals surface area contributed by atoms with E-state index in [1.165, 1.54) is 13.1 Å². The number of nitrogens with zero attached hydrogens (tertiary/aromatic N) is 2. The van der Waals surface area contributed by atoms with Crippen molar-refractivity contribution < 1.29 is 45.8 Å². The van der Waals surface area contributed by atoms with Crippen molar-refractivity contribution in [3.63, 3.8) is 0 Å². The van der Waals surface area contributed by atoms with Gasteiger partial charge in [-0.2, -0.15) is 26.3 Å². The molecular formula is C27H24F6N2O4. The summed E-state index contributed by atoms with van der Waals surface area (Å²) in [6.45, 7) is 1.27. The zero-order valence-corrected chi connectivity index (χ0v) is 20.9. The third kappa shape index (κ3) is 6.94. The first-order chi connectivity index (χ1) is 18.3. The number of esters is 1. The van der Waals surface area contributed by atoms with E-state index in [2.05, 4.69) is 4.98 Å². The van der Waals surface area contributed by atoms with Crippen molar-refractivity contribution in [2.24, 2.45) is 0 Å². The first kappa shape index (κ1) is 29.6. The van der Waals surface area contributed by atoms with Crippen molar-refractivity contribution in [1.29, 1.82) is 0 Å². The second-order valence-electron chi connectivity index (χ2n) is 8.49. The number of rotatable bonds is 8. The van der Waals surface area contributed by atoms with Gasteiger partial charge in [0.2, 0.25) is 0 Å². The van der Waals surface area contributed by atoms with E-state index >= 15 is 0 Å². The standard InChI is InChI=1S/C27H24F6N2O4/c1-3-39-25(38)23-22(21(16(2)14-34-23)18-7-5-4-6-8-18)24(37)35(9-10-36)15-17-11-19(26(28,29)30)13-20(12-17)27(31,32)33/h4-8,11-14,36H,3,9-10,15H2,1-2H3. The fraction of sp³-hybridized carbons (Fsp3) is 0.296. The SMILES string of the molecule is CCOC(=O)c1ncc(C)c(-c2ccccc2)c1C(=O)N(CCO)Cc1cc(C(F)(F)F)cc(C(F)(F)F)c1. The lowest BCUT2D eigenvalue weighted by atomic mass is 9.93. The first-order valence-electron chi connectivity index (χ1n) is 11.7. The van der Waals surface area contributed by atoms with Gasteiger partial charge >= 0.3 is 18.3 Å². The first-order valence-corrected chi connectivity index (χ1v) is 11.7. The molecule has 2 aromatic carbocycles. The molecule has 0 aliphatic heterocycles. The molecule has 1 heterocycles. The predicted molar refractivity (Wildman–Crippen MR) is 129 cm³/mol. The van der Waals surface area contributed by atoms with Crippen molar-refractivity contribution in [3.8, 4) is 11.1 Å². The van der Waals surface area contributed by atoms with Crippen molar-refractivity contribution in [2.45, 2.75) is 32.7 Å². The highest BCUT2D eigenvalue weighted by Crippen LogP contribution is 2.37. The highest BCUT2D eigenvalue weighted by atomic mass is 19.4. The molecule has 12 heteroatoms. The summed E-state index contributed by atoms with van der Waals surface area (Å²) in [5, 5.41) is 9.62. The molecule has 0 unspecified atom stereocenters. The largest absolute Gasteiger partial charge is 0.461 e. The van der Waals surface area contributed by atoms with Gasteiger partial charge in [-0.25, -0.2) is 9.78 Å². The minimum absolute atomic E-state index is 0.0153. The molecule has 0 bridgehead atoms. The molecule has 1 amide bonds. The summed E-state index contributed by atoms with van der Waals surface area (Å²) in [7, 11) is 0. The number of ether oxygens (including phenoxy) is 1. The number of hydrogen-bond donors (Lipinski definition) is 1. The van der Waals surface area contributed by atoms with Gasteiger partial charge in [0.1, 0.15) is 0 Å². The Morgan fingerprint density at radius 1 is 0.974 bits per heavy atom. The van der Waals surface area contributed by atoms with Crippen LogP contribution in [0.3, 0.4) is 0 Å². The number of aliphatic hydroxyl groups excluding tert-OH is 1. The molecule has 1 aromatic heterocycles. The zero-order chi connectivity index (χ0) is 29.0. The number of halogens is 6. The zero-order valence-electron chi connectivity index (χ0n) is 20.9. The Morgan fingerprint density at radius 2 is 1.56 bits per heavy atom. The molecule has 3 aromatic rings. The maximum atomic E-state index is 13.9. The third-order valence-corrected chi connectivity index (χ3v) is 5.69. The fourth-order valence-electron chi connectivity index (χ4n) is 4.01. The summed E-state index contributed by atoms with van der Waals surface area (Å²) in [5.74, 6) is -1.88. The number of benzene rings is 2. The van der Waals surface area contributed by atoms with E-state index in [1.54, 1.807) is 37.3 Å². The quantitative estimate of drug-likeness (QED) is 0.277. The monoisotopic (exact) mass is 554 g/mol. The van der Waals surface area contributed by atoms with Crippen LogP contribution in [0, 0.1) is 6.92 Å². The van der Waals surface area contributed by atoms with E-state index in [-0.39, 0.29) is 29.5 Å². The Kier molecular flexibility index (Phi) is 9.00. The molecule has 0 radical (unpaired) electrons. The highest BCUT2D eigenvalue weighted by molar-refractivity contribution is 6.09. The van der Waals surface area contributed by atoms with Crippen LogP contribution in [0.1, 0.15) is 50.0 Å². The predicted octanol–water partition coefficient (Wildman–Crippen LogP) is 5.91. The molecule has 0 saturated carbocycles. The van der Waals surface area contributed by atoms with Gasteiger partial charge in [-0.3, -0.25) is 4.79 Å². The lowest BCUT2D eigenvalue weighted by molar-refractivity contribution is -0.143. The van der Waals surface area contributed by atoms with Crippen LogP contribution in [0.4, 0.5) is 26.3 Å². The number of alkyl halides is 6. The Hall–Kier alpha value is -3.93. The topological polar surface area (TPSA) is 79.7 Å². The number of aromatic nitrogens is 1. The molecule has 0 saturated heterocycles. The Balaban J connectivity index is 2.20. The van der Waals surface area contributed by atoms with Crippen molar-refractivity contribution >= 4 is 11.9 Å². The molecule has 3 rings (SSSR count). The van der Waals surface area contributed by atoms with Crippen LogP contribution < -0.4 is 0 Å². The number of hydrogen-bond acceptors (Lipinski definition) is 5. The minimum atomic E-state index is -5.08. The summed E-state index contributed by atoms with van der Waals surface area (Å²) in [6.07, 6.45) is -8.82. The maximum absolute atomic E-state index is 13.9. The second-order valence-corrected chi connectivity index (χ2v) is 8.49. The van der Waals surface area contributed by atoms with E-state index in [0.717, 1.165) is 4.90 Å². The van der Waals surface area contributed by atoms with Crippen LogP contribution in [0.25, 0.3) is 11.1 Å². The molecule has 0 spiro atoms. The molecule has 39 heavy (non-hydrogen) atoms. The van der Waals surface area contributed by atoms with Gasteiger partial charge in [-0.1, -0.05) is 30.3 Å². The van der Waals surface area contributed by atoms with E-state index in [9.17, 15) is 41.0 Å². The fourth-order valence-corrected chi connectivity index (χ4v) is 4.01. The molecule has 1 N–H and O–H groups in total. The molecule has 0 aliphatic rings. The van der Waals surface area contributed by atoms with Crippen LogP contribution in [-0.4, -0.2) is 46.6 Å². The van der Waals surface area contributed by atoms with Crippen molar-refractivity contribution in [3.05, 3.63) is 88.2 Å². The third-order valence-electron chi connectivity index (χ3n) is 5.69. The molecule has 6 nitrogen and oxygen atoms in total. The Labute approximate surface area is 219 Å². The van der Waals surface area contributed by atoms with Gasteiger partial charge < -0.3 is 14.7 Å². The second kappa shape index (κ2) is 11.9. The number of carbonyl (C=O) groups excluding carboxylic acids is 2. The lowest BCUT2D eigenvalue weighted by Gasteiger charge is -2.26. The number of aliphatic hydroxyl groups is 1. The van der Waals surface area contributed by atoms with Gasteiger partial charge in [0.05, 0.1) is 29.9 Å². The number of pyridine rings is 1. The molecule has 0 fully saturated rings. The van der Waals surface area contributed by atoms with Crippen molar-refractivity contribution in [1.82, 2.24) is 9.88 Å². The van der Waals surface area contributed by atoms with Crippen LogP contribution >= 0.6 is 0 Å². The van der Waals surface area contributed by atoms with Crippen LogP contribution in [0.15, 0.2) is 54.7 Å². The van der Waals surface area contributed by atoms with E-state index in [0.29, 0.717) is 23.3 Å². The lowest BCUT2D eigenvalue weighted by Crippen LogP contribution is -2.35. The molecule has 0 aliphatic carbocycles. The van der Waals surface area contributed by atoms with E-state index in [4.69, 9.17) is 4.74 Å². The van der Waals surface area contributed by atoms with Gasteiger partial charge in [0, 0.05) is 24.8 Å². The van der Waals surface area contributed by atoms with Crippen LogP contribution in [-0.2, 0) is 23.6 Å². The van der Waals surface area contributed by atoms with Crippen molar-refractivity contribution in [2.75, 3.05) is 19.8 Å². The molecular weight excluding hydrogens is 530 g/mol. The average molecular weight is 554 g/mol. The van der Waals surface area contributed by atoms with E-state index in [1.807, 2.05) is 0 Å². The number of carbonyl (C=O) groups is 2. The molecule has 0 atom stereocenters. The molecule has 208 valence electrons. The van der Waals surface area contributed by atoms with Crippen LogP contribution in [0.2, 0.25) is 0 Å². The summed E-state index contributed by atoms with van der Waals surface area (Å²) >= 11 is 0. The summed E-state index contributed by atoms with van der Waals surface area (Å²) in [4.78, 5) is 31.6. The maximum Gasteiger partial charge on any atom is 0.416 e. The number of amides is 1. The Morgan fingerprint density at radius 3 is 2.08 bits per heavy atom. The van der Waals surface area contributed by atoms with Gasteiger partial charge in [0.25, 0.3) is 5.91 Å². The summed E-state index contributed by atoms with van der Waals surface area (Å²) < 4.78 is 85.4.